The van der Waals surface area contributed by atoms with Gasteiger partial charge in [0.25, 0.3) is 0 Å². The maximum absolute atomic E-state index is 9.41. The molecule has 0 heterocycles. The van der Waals surface area contributed by atoms with Crippen LogP contribution in [0.4, 0.5) is 0 Å². The molecule has 0 aromatic heterocycles. The van der Waals surface area contributed by atoms with E-state index in [1.165, 1.54) is 32.1 Å². The van der Waals surface area contributed by atoms with Crippen molar-refractivity contribution in [1.82, 2.24) is 5.32 Å². The fraction of sp³-hybridized carbons (Fsp3) is 1.00. The molecule has 14 heavy (non-hydrogen) atoms. The quantitative estimate of drug-likeness (QED) is 0.702. The average Bonchev–Trinajstić information content (AvgIpc) is 2.63. The monoisotopic (exact) mass is 195 g/mol. The normalized spacial score (nSPS) is 51.6. The van der Waals surface area contributed by atoms with Gasteiger partial charge in [0.15, 0.2) is 0 Å². The zero-order valence-electron chi connectivity index (χ0n) is 8.78. The Bertz CT molecular complexity index is 200. The summed E-state index contributed by atoms with van der Waals surface area (Å²) in [5.74, 6) is 2.06. The molecule has 2 nitrogen and oxygen atoms in total. The van der Waals surface area contributed by atoms with Gasteiger partial charge in [-0.3, -0.25) is 0 Å². The molecule has 3 aliphatic carbocycles. The summed E-state index contributed by atoms with van der Waals surface area (Å²) in [5, 5.41) is 13.2. The van der Waals surface area contributed by atoms with Gasteiger partial charge in [-0.1, -0.05) is 6.42 Å². The standard InChI is InChI=1S/C12H21NO/c14-9-6-4-8(5-7-9)13-12-10-2-1-3-11(10)12/h8-14H,1-7H2. The molecule has 0 spiro atoms. The summed E-state index contributed by atoms with van der Waals surface area (Å²) in [6, 6.07) is 1.58. The van der Waals surface area contributed by atoms with Gasteiger partial charge >= 0.3 is 0 Å². The number of hydrogen-bond donors (Lipinski definition) is 2. The van der Waals surface area contributed by atoms with Gasteiger partial charge in [0.05, 0.1) is 6.10 Å². The smallest absolute Gasteiger partial charge is 0.0541 e. The molecule has 0 radical (unpaired) electrons. The van der Waals surface area contributed by atoms with Crippen LogP contribution in [-0.2, 0) is 0 Å². The number of fused-ring (bicyclic) bond motifs is 1. The van der Waals surface area contributed by atoms with Gasteiger partial charge in [-0.2, -0.15) is 0 Å². The average molecular weight is 195 g/mol. The number of hydrogen-bond acceptors (Lipinski definition) is 2. The van der Waals surface area contributed by atoms with Crippen molar-refractivity contribution >= 4 is 0 Å². The molecule has 80 valence electrons. The van der Waals surface area contributed by atoms with Gasteiger partial charge in [0.2, 0.25) is 0 Å². The van der Waals surface area contributed by atoms with Crippen molar-refractivity contribution in [2.45, 2.75) is 63.1 Å². The summed E-state index contributed by atoms with van der Waals surface area (Å²) in [6.07, 6.45) is 8.81. The van der Waals surface area contributed by atoms with E-state index in [4.69, 9.17) is 0 Å². The Morgan fingerprint density at radius 2 is 1.50 bits per heavy atom. The minimum absolute atomic E-state index is 0.00764. The lowest BCUT2D eigenvalue weighted by Gasteiger charge is -2.27. The van der Waals surface area contributed by atoms with E-state index in [9.17, 15) is 5.11 Å². The van der Waals surface area contributed by atoms with Gasteiger partial charge < -0.3 is 10.4 Å². The third-order valence-electron chi connectivity index (χ3n) is 4.53. The molecule has 0 aromatic carbocycles. The van der Waals surface area contributed by atoms with Crippen molar-refractivity contribution in [3.63, 3.8) is 0 Å². The predicted molar refractivity (Wildman–Crippen MR) is 56.0 cm³/mol. The van der Waals surface area contributed by atoms with E-state index in [2.05, 4.69) is 5.32 Å². The van der Waals surface area contributed by atoms with Crippen molar-refractivity contribution in [1.29, 1.82) is 0 Å². The summed E-state index contributed by atoms with van der Waals surface area (Å²) in [5.41, 5.74) is 0. The van der Waals surface area contributed by atoms with Crippen LogP contribution in [0.15, 0.2) is 0 Å². The minimum atomic E-state index is -0.00764. The van der Waals surface area contributed by atoms with Crippen molar-refractivity contribution in [3.05, 3.63) is 0 Å². The Labute approximate surface area is 86.1 Å². The Morgan fingerprint density at radius 1 is 0.857 bits per heavy atom. The number of aliphatic hydroxyl groups is 1. The first-order chi connectivity index (χ1) is 6.84. The highest BCUT2D eigenvalue weighted by Crippen LogP contribution is 2.52. The van der Waals surface area contributed by atoms with E-state index >= 15 is 0 Å². The molecule has 3 aliphatic rings. The molecule has 0 aliphatic heterocycles. The second-order valence-corrected chi connectivity index (χ2v) is 5.46. The summed E-state index contributed by atoms with van der Waals surface area (Å²) in [7, 11) is 0. The van der Waals surface area contributed by atoms with Crippen molar-refractivity contribution in [2.24, 2.45) is 11.8 Å². The van der Waals surface area contributed by atoms with Gasteiger partial charge in [-0.05, 0) is 50.4 Å². The van der Waals surface area contributed by atoms with Gasteiger partial charge in [-0.25, -0.2) is 0 Å². The van der Waals surface area contributed by atoms with Crippen molar-refractivity contribution in [2.75, 3.05) is 0 Å². The van der Waals surface area contributed by atoms with E-state index in [1.54, 1.807) is 0 Å². The summed E-state index contributed by atoms with van der Waals surface area (Å²) >= 11 is 0. The number of rotatable bonds is 2. The molecule has 2 heteroatoms. The SMILES string of the molecule is OC1CCC(NC2C3CCCC32)CC1. The van der Waals surface area contributed by atoms with E-state index in [0.717, 1.165) is 30.7 Å². The first-order valence-electron chi connectivity index (χ1n) is 6.29. The molecular weight excluding hydrogens is 174 g/mol. The Kier molecular flexibility index (Phi) is 2.29. The maximum Gasteiger partial charge on any atom is 0.0541 e. The molecule has 0 aromatic rings. The molecule has 3 saturated carbocycles. The van der Waals surface area contributed by atoms with Gasteiger partial charge in [0.1, 0.15) is 0 Å². The molecule has 0 saturated heterocycles. The van der Waals surface area contributed by atoms with Crippen LogP contribution in [0.3, 0.4) is 0 Å². The topological polar surface area (TPSA) is 32.3 Å². The summed E-state index contributed by atoms with van der Waals surface area (Å²) < 4.78 is 0. The van der Waals surface area contributed by atoms with Crippen LogP contribution in [0.1, 0.15) is 44.9 Å². The highest BCUT2D eigenvalue weighted by Gasteiger charge is 2.52. The third kappa shape index (κ3) is 1.59. The highest BCUT2D eigenvalue weighted by atomic mass is 16.3. The number of aliphatic hydroxyl groups excluding tert-OH is 1. The fourth-order valence-corrected chi connectivity index (χ4v) is 3.58. The fourth-order valence-electron chi connectivity index (χ4n) is 3.58. The zero-order chi connectivity index (χ0) is 9.54. The lowest BCUT2D eigenvalue weighted by Crippen LogP contribution is -2.37. The molecular formula is C12H21NO. The molecule has 2 N–H and O–H groups in total. The van der Waals surface area contributed by atoms with Gasteiger partial charge in [-0.15, -0.1) is 0 Å². The van der Waals surface area contributed by atoms with Crippen LogP contribution in [0.5, 0.6) is 0 Å². The molecule has 2 atom stereocenters. The first-order valence-corrected chi connectivity index (χ1v) is 6.29. The molecule has 0 amide bonds. The lowest BCUT2D eigenvalue weighted by molar-refractivity contribution is 0.115. The predicted octanol–water partition coefficient (Wildman–Crippen LogP) is 1.68. The second-order valence-electron chi connectivity index (χ2n) is 5.46. The van der Waals surface area contributed by atoms with Crippen LogP contribution in [0, 0.1) is 11.8 Å². The first kappa shape index (κ1) is 9.17. The van der Waals surface area contributed by atoms with E-state index < -0.39 is 0 Å². The van der Waals surface area contributed by atoms with Gasteiger partial charge in [0, 0.05) is 12.1 Å². The van der Waals surface area contributed by atoms with Crippen LogP contribution in [-0.4, -0.2) is 23.3 Å². The molecule has 3 rings (SSSR count). The maximum atomic E-state index is 9.41. The molecule has 2 unspecified atom stereocenters. The van der Waals surface area contributed by atoms with Crippen LogP contribution < -0.4 is 5.32 Å². The Morgan fingerprint density at radius 3 is 2.14 bits per heavy atom. The second kappa shape index (κ2) is 3.49. The van der Waals surface area contributed by atoms with Crippen molar-refractivity contribution < 1.29 is 5.11 Å². The molecule has 0 bridgehead atoms. The van der Waals surface area contributed by atoms with Crippen LogP contribution >= 0.6 is 0 Å². The van der Waals surface area contributed by atoms with E-state index in [-0.39, 0.29) is 6.10 Å². The molecule has 3 fully saturated rings. The Hall–Kier alpha value is -0.0800. The van der Waals surface area contributed by atoms with Crippen LogP contribution in [0.25, 0.3) is 0 Å². The van der Waals surface area contributed by atoms with E-state index in [0.29, 0.717) is 6.04 Å². The summed E-state index contributed by atoms with van der Waals surface area (Å²) in [6.45, 7) is 0. The minimum Gasteiger partial charge on any atom is -0.393 e. The lowest BCUT2D eigenvalue weighted by atomic mass is 9.93. The third-order valence-corrected chi connectivity index (χ3v) is 4.53. The Balaban J connectivity index is 1.45. The van der Waals surface area contributed by atoms with Crippen molar-refractivity contribution in [3.8, 4) is 0 Å². The zero-order valence-corrected chi connectivity index (χ0v) is 8.78. The number of nitrogens with one attached hydrogen (secondary N) is 1. The van der Waals surface area contributed by atoms with E-state index in [1.807, 2.05) is 0 Å². The van der Waals surface area contributed by atoms with Crippen LogP contribution in [0.2, 0.25) is 0 Å². The largest absolute Gasteiger partial charge is 0.393 e. The summed E-state index contributed by atoms with van der Waals surface area (Å²) in [4.78, 5) is 0. The highest BCUT2D eigenvalue weighted by molar-refractivity contribution is 5.07.